The minimum absolute atomic E-state index is 0.165. The van der Waals surface area contributed by atoms with Gasteiger partial charge in [-0.15, -0.1) is 5.10 Å². The molecule has 0 aliphatic heterocycles. The van der Waals surface area contributed by atoms with Gasteiger partial charge in [-0.1, -0.05) is 36.5 Å². The summed E-state index contributed by atoms with van der Waals surface area (Å²) in [5.74, 6) is 0. The van der Waals surface area contributed by atoms with Crippen LogP contribution in [0.1, 0.15) is 11.1 Å². The normalized spacial score (nSPS) is 10.8. The van der Waals surface area contributed by atoms with E-state index >= 15 is 0 Å². The monoisotopic (exact) mass is 284 g/mol. The van der Waals surface area contributed by atoms with E-state index in [4.69, 9.17) is 18.0 Å². The number of aromatic nitrogens is 3. The van der Waals surface area contributed by atoms with E-state index in [9.17, 15) is 4.79 Å². The Labute approximate surface area is 120 Å². The van der Waals surface area contributed by atoms with E-state index in [1.807, 2.05) is 30.3 Å². The fraction of sp³-hybridized carbons (Fsp3) is 0.0714. The van der Waals surface area contributed by atoms with Crippen molar-refractivity contribution in [2.24, 2.45) is 5.73 Å². The van der Waals surface area contributed by atoms with E-state index in [0.717, 1.165) is 11.1 Å². The molecule has 2 N–H and O–H groups in total. The predicted molar refractivity (Wildman–Crippen MR) is 80.9 cm³/mol. The average molecular weight is 284 g/mol. The van der Waals surface area contributed by atoms with Crippen LogP contribution in [0.5, 0.6) is 0 Å². The van der Waals surface area contributed by atoms with Crippen LogP contribution in [-0.2, 0) is 6.54 Å². The summed E-state index contributed by atoms with van der Waals surface area (Å²) in [4.78, 5) is 12.5. The topological polar surface area (TPSA) is 65.3 Å². The van der Waals surface area contributed by atoms with Crippen molar-refractivity contribution in [1.82, 2.24) is 14.2 Å². The van der Waals surface area contributed by atoms with E-state index < -0.39 is 0 Å². The van der Waals surface area contributed by atoms with Crippen molar-refractivity contribution >= 4 is 22.9 Å². The molecule has 0 saturated heterocycles. The van der Waals surface area contributed by atoms with Gasteiger partial charge < -0.3 is 5.73 Å². The third-order valence-corrected chi connectivity index (χ3v) is 3.27. The van der Waals surface area contributed by atoms with Gasteiger partial charge in [-0.3, -0.25) is 4.40 Å². The molecule has 3 rings (SSSR count). The zero-order valence-corrected chi connectivity index (χ0v) is 11.4. The highest BCUT2D eigenvalue weighted by atomic mass is 32.1. The maximum Gasteiger partial charge on any atom is 0.350 e. The molecule has 0 amide bonds. The molecule has 0 spiro atoms. The van der Waals surface area contributed by atoms with E-state index in [2.05, 4.69) is 5.10 Å². The Morgan fingerprint density at radius 2 is 2.10 bits per heavy atom. The Bertz CT molecular complexity index is 850. The minimum atomic E-state index is -0.165. The lowest BCUT2D eigenvalue weighted by Crippen LogP contribution is -2.21. The van der Waals surface area contributed by atoms with Crippen LogP contribution < -0.4 is 11.4 Å². The molecule has 0 saturated carbocycles. The van der Waals surface area contributed by atoms with Crippen molar-refractivity contribution in [2.45, 2.75) is 6.54 Å². The Morgan fingerprint density at radius 1 is 1.25 bits per heavy atom. The third-order valence-electron chi connectivity index (χ3n) is 3.03. The highest BCUT2D eigenvalue weighted by Gasteiger charge is 2.07. The zero-order chi connectivity index (χ0) is 14.1. The average Bonchev–Trinajstić information content (AvgIpc) is 2.76. The summed E-state index contributed by atoms with van der Waals surface area (Å²) in [5.41, 5.74) is 7.79. The molecule has 1 aromatic carbocycles. The second-order valence-corrected chi connectivity index (χ2v) is 4.87. The second kappa shape index (κ2) is 4.90. The largest absolute Gasteiger partial charge is 0.389 e. The standard InChI is InChI=1S/C14H12N4OS/c15-13(20)11-5-3-4-10(8-11)9-18-14(19)17-7-2-1-6-12(17)16-18/h1-8H,9H2,(H2,15,20). The van der Waals surface area contributed by atoms with Crippen molar-refractivity contribution in [3.05, 3.63) is 70.3 Å². The maximum atomic E-state index is 12.2. The lowest BCUT2D eigenvalue weighted by atomic mass is 10.1. The fourth-order valence-corrected chi connectivity index (χ4v) is 2.19. The number of nitrogens with zero attached hydrogens (tertiary/aromatic N) is 3. The molecule has 0 bridgehead atoms. The van der Waals surface area contributed by atoms with Crippen LogP contribution in [0.4, 0.5) is 0 Å². The van der Waals surface area contributed by atoms with Gasteiger partial charge in [0.1, 0.15) is 4.99 Å². The first-order valence-corrected chi connectivity index (χ1v) is 6.49. The quantitative estimate of drug-likeness (QED) is 0.733. The lowest BCUT2D eigenvalue weighted by molar-refractivity contribution is 0.658. The van der Waals surface area contributed by atoms with Gasteiger partial charge in [-0.25, -0.2) is 9.48 Å². The number of nitrogens with two attached hydrogens (primary N) is 1. The van der Waals surface area contributed by atoms with Gasteiger partial charge in [0.25, 0.3) is 0 Å². The zero-order valence-electron chi connectivity index (χ0n) is 10.6. The van der Waals surface area contributed by atoms with Gasteiger partial charge in [0.05, 0.1) is 6.54 Å². The molecule has 2 aromatic heterocycles. The van der Waals surface area contributed by atoms with Crippen LogP contribution in [-0.4, -0.2) is 19.2 Å². The maximum absolute atomic E-state index is 12.2. The van der Waals surface area contributed by atoms with Gasteiger partial charge in [-0.2, -0.15) is 0 Å². The molecule has 0 radical (unpaired) electrons. The Kier molecular flexibility index (Phi) is 3.08. The number of thiocarbonyl (C=S) groups is 1. The Balaban J connectivity index is 2.01. The van der Waals surface area contributed by atoms with Crippen molar-refractivity contribution in [2.75, 3.05) is 0 Å². The number of rotatable bonds is 3. The van der Waals surface area contributed by atoms with Gasteiger partial charge in [0.2, 0.25) is 0 Å². The summed E-state index contributed by atoms with van der Waals surface area (Å²) in [6, 6.07) is 12.9. The van der Waals surface area contributed by atoms with Crippen molar-refractivity contribution in [1.29, 1.82) is 0 Å². The molecule has 0 aliphatic carbocycles. The van der Waals surface area contributed by atoms with Crippen molar-refractivity contribution in [3.63, 3.8) is 0 Å². The summed E-state index contributed by atoms with van der Waals surface area (Å²) in [6.07, 6.45) is 1.70. The molecule has 0 aliphatic rings. The van der Waals surface area contributed by atoms with E-state index in [0.29, 0.717) is 17.2 Å². The first-order valence-electron chi connectivity index (χ1n) is 6.08. The Morgan fingerprint density at radius 3 is 2.85 bits per heavy atom. The smallest absolute Gasteiger partial charge is 0.350 e. The molecular formula is C14H12N4OS. The summed E-state index contributed by atoms with van der Waals surface area (Å²) < 4.78 is 2.94. The summed E-state index contributed by atoms with van der Waals surface area (Å²) in [7, 11) is 0. The minimum Gasteiger partial charge on any atom is -0.389 e. The number of benzene rings is 1. The van der Waals surface area contributed by atoms with E-state index in [1.54, 1.807) is 18.3 Å². The van der Waals surface area contributed by atoms with E-state index in [-0.39, 0.29) is 5.69 Å². The first-order chi connectivity index (χ1) is 9.65. The SMILES string of the molecule is NC(=S)c1cccc(Cn2nc3ccccn3c2=O)c1. The first kappa shape index (κ1) is 12.6. The number of hydrogen-bond donors (Lipinski definition) is 1. The molecule has 100 valence electrons. The third kappa shape index (κ3) is 2.21. The van der Waals surface area contributed by atoms with Gasteiger partial charge in [0, 0.05) is 11.8 Å². The fourth-order valence-electron chi connectivity index (χ4n) is 2.07. The number of pyridine rings is 1. The van der Waals surface area contributed by atoms with Gasteiger partial charge in [0.15, 0.2) is 5.65 Å². The van der Waals surface area contributed by atoms with Crippen LogP contribution in [0.25, 0.3) is 5.65 Å². The number of fused-ring (bicyclic) bond motifs is 1. The van der Waals surface area contributed by atoms with Crippen LogP contribution in [0.2, 0.25) is 0 Å². The summed E-state index contributed by atoms with van der Waals surface area (Å²) in [5, 5.41) is 4.29. The Hall–Kier alpha value is -2.47. The molecule has 6 heteroatoms. The highest BCUT2D eigenvalue weighted by molar-refractivity contribution is 7.80. The van der Waals surface area contributed by atoms with E-state index in [1.165, 1.54) is 9.08 Å². The van der Waals surface area contributed by atoms with Crippen molar-refractivity contribution < 1.29 is 0 Å². The molecule has 0 fully saturated rings. The summed E-state index contributed by atoms with van der Waals surface area (Å²) >= 11 is 4.95. The molecule has 2 heterocycles. The molecule has 20 heavy (non-hydrogen) atoms. The van der Waals surface area contributed by atoms with Crippen LogP contribution in [0, 0.1) is 0 Å². The van der Waals surface area contributed by atoms with Crippen LogP contribution in [0.15, 0.2) is 53.5 Å². The predicted octanol–water partition coefficient (Wildman–Crippen LogP) is 1.18. The van der Waals surface area contributed by atoms with Crippen LogP contribution in [0.3, 0.4) is 0 Å². The number of hydrogen-bond acceptors (Lipinski definition) is 3. The molecule has 5 nitrogen and oxygen atoms in total. The lowest BCUT2D eigenvalue weighted by Gasteiger charge is -2.03. The second-order valence-electron chi connectivity index (χ2n) is 4.43. The van der Waals surface area contributed by atoms with Crippen molar-refractivity contribution in [3.8, 4) is 0 Å². The van der Waals surface area contributed by atoms with Crippen LogP contribution >= 0.6 is 12.2 Å². The molecule has 0 atom stereocenters. The molecular weight excluding hydrogens is 272 g/mol. The van der Waals surface area contributed by atoms with Gasteiger partial charge >= 0.3 is 5.69 Å². The summed E-state index contributed by atoms with van der Waals surface area (Å²) in [6.45, 7) is 0.386. The van der Waals surface area contributed by atoms with Gasteiger partial charge in [-0.05, 0) is 23.8 Å². The molecule has 0 unspecified atom stereocenters. The molecule has 3 aromatic rings. The highest BCUT2D eigenvalue weighted by Crippen LogP contribution is 2.06.